The van der Waals surface area contributed by atoms with Gasteiger partial charge in [-0.3, -0.25) is 4.79 Å². The van der Waals surface area contributed by atoms with Crippen LogP contribution in [0.5, 0.6) is 0 Å². The van der Waals surface area contributed by atoms with Gasteiger partial charge in [-0.2, -0.15) is 0 Å². The molecule has 0 amide bonds. The normalized spacial score (nSPS) is 12.7. The summed E-state index contributed by atoms with van der Waals surface area (Å²) in [5.74, 6) is 0.310. The van der Waals surface area contributed by atoms with Crippen molar-refractivity contribution in [2.75, 3.05) is 0 Å². The largest absolute Gasteiger partial charge is 0.328 e. The molecule has 1 atom stereocenters. The van der Waals surface area contributed by atoms with Crippen LogP contribution < -0.4 is 5.73 Å². The van der Waals surface area contributed by atoms with Crippen molar-refractivity contribution in [2.45, 2.75) is 38.6 Å². The molecule has 0 aliphatic heterocycles. The van der Waals surface area contributed by atoms with Crippen LogP contribution in [0.15, 0.2) is 15.9 Å². The highest BCUT2D eigenvalue weighted by Crippen LogP contribution is 2.20. The number of rotatable bonds is 6. The summed E-state index contributed by atoms with van der Waals surface area (Å²) in [5, 5.41) is 2.00. The van der Waals surface area contributed by atoms with E-state index in [0.717, 1.165) is 22.2 Å². The molecule has 1 unspecified atom stereocenters. The molecule has 0 radical (unpaired) electrons. The van der Waals surface area contributed by atoms with Gasteiger partial charge in [0.15, 0.2) is 0 Å². The minimum absolute atomic E-state index is 0.202. The van der Waals surface area contributed by atoms with Crippen LogP contribution in [0.25, 0.3) is 0 Å². The molecule has 1 aromatic heterocycles. The van der Waals surface area contributed by atoms with Gasteiger partial charge in [-0.1, -0.05) is 0 Å². The topological polar surface area (TPSA) is 43.1 Å². The molecular formula is C11H16BrNOS. The van der Waals surface area contributed by atoms with Crippen molar-refractivity contribution < 1.29 is 4.79 Å². The van der Waals surface area contributed by atoms with Gasteiger partial charge in [0.05, 0.1) is 0 Å². The Kier molecular flexibility index (Phi) is 5.50. The van der Waals surface area contributed by atoms with Gasteiger partial charge >= 0.3 is 0 Å². The fourth-order valence-corrected chi connectivity index (χ4v) is 2.83. The Morgan fingerprint density at radius 1 is 1.67 bits per heavy atom. The Labute approximate surface area is 103 Å². The van der Waals surface area contributed by atoms with Gasteiger partial charge in [0.1, 0.15) is 5.78 Å². The number of nitrogens with two attached hydrogens (primary N) is 1. The lowest BCUT2D eigenvalue weighted by Gasteiger charge is -2.03. The van der Waals surface area contributed by atoms with Crippen LogP contribution >= 0.6 is 27.3 Å². The lowest BCUT2D eigenvalue weighted by atomic mass is 10.1. The van der Waals surface area contributed by atoms with E-state index in [1.54, 1.807) is 11.3 Å². The summed E-state index contributed by atoms with van der Waals surface area (Å²) in [4.78, 5) is 12.7. The Morgan fingerprint density at radius 2 is 2.40 bits per heavy atom. The number of thiophene rings is 1. The maximum atomic E-state index is 11.6. The maximum Gasteiger partial charge on any atom is 0.138 e. The number of hydrogen-bond donors (Lipinski definition) is 1. The predicted molar refractivity (Wildman–Crippen MR) is 68.2 cm³/mol. The zero-order chi connectivity index (χ0) is 11.3. The van der Waals surface area contributed by atoms with Gasteiger partial charge in [0.25, 0.3) is 0 Å². The minimum atomic E-state index is 0.202. The van der Waals surface area contributed by atoms with E-state index in [9.17, 15) is 4.79 Å². The second kappa shape index (κ2) is 6.40. The van der Waals surface area contributed by atoms with Gasteiger partial charge in [-0.05, 0) is 41.8 Å². The van der Waals surface area contributed by atoms with Crippen LogP contribution in [0.2, 0.25) is 0 Å². The van der Waals surface area contributed by atoms with E-state index in [1.807, 2.05) is 18.4 Å². The Morgan fingerprint density at radius 3 is 2.93 bits per heavy atom. The van der Waals surface area contributed by atoms with E-state index in [2.05, 4.69) is 15.9 Å². The second-order valence-electron chi connectivity index (χ2n) is 3.82. The van der Waals surface area contributed by atoms with Crippen LogP contribution in [0.1, 0.15) is 31.1 Å². The van der Waals surface area contributed by atoms with Crippen molar-refractivity contribution in [3.8, 4) is 0 Å². The first-order chi connectivity index (χ1) is 7.08. The van der Waals surface area contributed by atoms with E-state index in [1.165, 1.54) is 0 Å². The number of Topliss-reactive ketones (excluding diaryl/α,β-unsaturated/α-hetero) is 1. The average molecular weight is 290 g/mol. The molecular weight excluding hydrogens is 274 g/mol. The van der Waals surface area contributed by atoms with Gasteiger partial charge < -0.3 is 5.73 Å². The van der Waals surface area contributed by atoms with E-state index in [4.69, 9.17) is 5.73 Å². The first-order valence-corrected chi connectivity index (χ1v) is 6.75. The average Bonchev–Trinajstić information content (AvgIpc) is 2.50. The SMILES string of the molecule is CC(N)CCCC(=O)Cc1cc(Br)cs1. The highest BCUT2D eigenvalue weighted by Gasteiger charge is 2.06. The fourth-order valence-electron chi connectivity index (χ4n) is 1.35. The molecule has 84 valence electrons. The summed E-state index contributed by atoms with van der Waals surface area (Å²) < 4.78 is 1.06. The Hall–Kier alpha value is -0.190. The van der Waals surface area contributed by atoms with Crippen LogP contribution in [0, 0.1) is 0 Å². The van der Waals surface area contributed by atoms with Gasteiger partial charge in [0, 0.05) is 33.6 Å². The summed E-state index contributed by atoms with van der Waals surface area (Å²) >= 11 is 5.00. The minimum Gasteiger partial charge on any atom is -0.328 e. The molecule has 15 heavy (non-hydrogen) atoms. The molecule has 1 heterocycles. The fraction of sp³-hybridized carbons (Fsp3) is 0.545. The zero-order valence-electron chi connectivity index (χ0n) is 8.83. The molecule has 1 aromatic rings. The van der Waals surface area contributed by atoms with Crippen molar-refractivity contribution in [3.05, 3.63) is 20.8 Å². The molecule has 0 saturated heterocycles. The molecule has 1 rings (SSSR count). The molecule has 2 nitrogen and oxygen atoms in total. The van der Waals surface area contributed by atoms with Crippen LogP contribution in [0.4, 0.5) is 0 Å². The second-order valence-corrected chi connectivity index (χ2v) is 5.73. The summed E-state index contributed by atoms with van der Waals surface area (Å²) in [6.45, 7) is 1.97. The van der Waals surface area contributed by atoms with E-state index in [-0.39, 0.29) is 6.04 Å². The van der Waals surface area contributed by atoms with Crippen LogP contribution in [-0.4, -0.2) is 11.8 Å². The lowest BCUT2D eigenvalue weighted by Crippen LogP contribution is -2.15. The van der Waals surface area contributed by atoms with Crippen molar-refractivity contribution in [3.63, 3.8) is 0 Å². The van der Waals surface area contributed by atoms with E-state index < -0.39 is 0 Å². The standard InChI is InChI=1S/C11H16BrNOS/c1-8(13)3-2-4-10(14)6-11-5-9(12)7-15-11/h5,7-8H,2-4,6,13H2,1H3. The number of ketones is 1. The molecule has 0 aromatic carbocycles. The molecule has 4 heteroatoms. The number of halogens is 1. The molecule has 2 N–H and O–H groups in total. The van der Waals surface area contributed by atoms with Crippen LogP contribution in [0.3, 0.4) is 0 Å². The lowest BCUT2D eigenvalue weighted by molar-refractivity contribution is -0.118. The molecule has 0 bridgehead atoms. The molecule has 0 spiro atoms. The molecule has 0 saturated carbocycles. The third-order valence-electron chi connectivity index (χ3n) is 2.11. The first kappa shape index (κ1) is 12.9. The molecule has 0 fully saturated rings. The molecule has 0 aliphatic rings. The smallest absolute Gasteiger partial charge is 0.138 e. The third kappa shape index (κ3) is 5.44. The maximum absolute atomic E-state index is 11.6. The molecule has 0 aliphatic carbocycles. The Bertz CT molecular complexity index is 322. The highest BCUT2D eigenvalue weighted by atomic mass is 79.9. The highest BCUT2D eigenvalue weighted by molar-refractivity contribution is 9.10. The number of carbonyl (C=O) groups is 1. The number of hydrogen-bond acceptors (Lipinski definition) is 3. The quantitative estimate of drug-likeness (QED) is 0.874. The summed E-state index contributed by atoms with van der Waals surface area (Å²) in [6.07, 6.45) is 3.05. The summed E-state index contributed by atoms with van der Waals surface area (Å²) in [5.41, 5.74) is 5.62. The van der Waals surface area contributed by atoms with E-state index in [0.29, 0.717) is 18.6 Å². The predicted octanol–water partition coefficient (Wildman–Crippen LogP) is 3.14. The van der Waals surface area contributed by atoms with Gasteiger partial charge in [0.2, 0.25) is 0 Å². The van der Waals surface area contributed by atoms with Crippen molar-refractivity contribution in [2.24, 2.45) is 5.73 Å². The van der Waals surface area contributed by atoms with Crippen LogP contribution in [-0.2, 0) is 11.2 Å². The monoisotopic (exact) mass is 289 g/mol. The van der Waals surface area contributed by atoms with E-state index >= 15 is 0 Å². The van der Waals surface area contributed by atoms with Crippen molar-refractivity contribution in [1.29, 1.82) is 0 Å². The van der Waals surface area contributed by atoms with Gasteiger partial charge in [-0.15, -0.1) is 11.3 Å². The zero-order valence-corrected chi connectivity index (χ0v) is 11.2. The first-order valence-electron chi connectivity index (χ1n) is 5.08. The summed E-state index contributed by atoms with van der Waals surface area (Å²) in [6, 6.07) is 2.21. The third-order valence-corrected chi connectivity index (χ3v) is 3.81. The van der Waals surface area contributed by atoms with Gasteiger partial charge in [-0.25, -0.2) is 0 Å². The van der Waals surface area contributed by atoms with Crippen molar-refractivity contribution >= 4 is 33.0 Å². The summed E-state index contributed by atoms with van der Waals surface area (Å²) in [7, 11) is 0. The number of carbonyl (C=O) groups excluding carboxylic acids is 1. The Balaban J connectivity index is 2.24. The van der Waals surface area contributed by atoms with Crippen molar-refractivity contribution in [1.82, 2.24) is 0 Å².